The first-order valence-corrected chi connectivity index (χ1v) is 7.88. The van der Waals surface area contributed by atoms with Crippen LogP contribution in [-0.4, -0.2) is 46.5 Å². The number of anilines is 1. The van der Waals surface area contributed by atoms with Crippen LogP contribution in [-0.2, 0) is 4.74 Å². The highest BCUT2D eigenvalue weighted by atomic mass is 32.1. The van der Waals surface area contributed by atoms with Crippen molar-refractivity contribution in [3.63, 3.8) is 0 Å². The summed E-state index contributed by atoms with van der Waals surface area (Å²) < 4.78 is 5.19. The maximum atomic E-state index is 12.0. The molecule has 1 atom stereocenters. The van der Waals surface area contributed by atoms with Gasteiger partial charge >= 0.3 is 6.09 Å². The van der Waals surface area contributed by atoms with E-state index in [-0.39, 0.29) is 12.1 Å². The molecule has 1 fully saturated rings. The van der Waals surface area contributed by atoms with Crippen molar-refractivity contribution in [1.82, 2.24) is 5.32 Å². The molecule has 1 unspecified atom stereocenters. The molecule has 2 heterocycles. The minimum absolute atomic E-state index is 0.0257. The molecule has 0 spiro atoms. The number of benzene rings is 1. The summed E-state index contributed by atoms with van der Waals surface area (Å²) in [5.41, 5.74) is -0.0257. The van der Waals surface area contributed by atoms with E-state index in [0.29, 0.717) is 6.54 Å². The Bertz CT molecular complexity index is 753. The molecule has 4 N–H and O–H groups in total. The summed E-state index contributed by atoms with van der Waals surface area (Å²) in [6.07, 6.45) is -0.987. The largest absolute Gasteiger partial charge is 0.504 e. The summed E-state index contributed by atoms with van der Waals surface area (Å²) in [5.74, 6) is -2.47. The van der Waals surface area contributed by atoms with Crippen LogP contribution in [0.5, 0.6) is 17.2 Å². The average Bonchev–Trinajstić information content (AvgIpc) is 3.19. The molecule has 2 amide bonds. The fourth-order valence-electron chi connectivity index (χ4n) is 2.28. The first-order valence-electron chi connectivity index (χ1n) is 7.00. The van der Waals surface area contributed by atoms with Gasteiger partial charge in [-0.25, -0.2) is 4.79 Å². The van der Waals surface area contributed by atoms with Crippen molar-refractivity contribution in [2.75, 3.05) is 18.0 Å². The molecule has 0 radical (unpaired) electrons. The maximum absolute atomic E-state index is 12.0. The molecule has 0 aliphatic carbocycles. The molecule has 1 aliphatic rings. The van der Waals surface area contributed by atoms with E-state index in [1.807, 2.05) is 11.4 Å². The monoisotopic (exact) mass is 350 g/mol. The number of hydrogen-bond acceptors (Lipinski definition) is 7. The summed E-state index contributed by atoms with van der Waals surface area (Å²) in [7, 11) is 0. The fourth-order valence-corrected chi connectivity index (χ4v) is 3.01. The Balaban J connectivity index is 1.60. The lowest BCUT2D eigenvalue weighted by Gasteiger charge is -2.11. The van der Waals surface area contributed by atoms with Crippen LogP contribution in [0.3, 0.4) is 0 Å². The van der Waals surface area contributed by atoms with Crippen LogP contribution >= 0.6 is 11.3 Å². The van der Waals surface area contributed by atoms with Crippen molar-refractivity contribution < 1.29 is 29.6 Å². The number of phenols is 3. The van der Waals surface area contributed by atoms with Crippen LogP contribution in [0, 0.1) is 0 Å². The van der Waals surface area contributed by atoms with E-state index in [4.69, 9.17) is 4.74 Å². The molecular weight excluding hydrogens is 336 g/mol. The second kappa shape index (κ2) is 6.28. The van der Waals surface area contributed by atoms with Crippen LogP contribution in [0.4, 0.5) is 9.80 Å². The molecular formula is C15H14N2O6S. The number of carbonyl (C=O) groups is 2. The first kappa shape index (κ1) is 15.9. The van der Waals surface area contributed by atoms with Gasteiger partial charge in [-0.3, -0.25) is 9.69 Å². The van der Waals surface area contributed by atoms with Gasteiger partial charge in [-0.2, -0.15) is 0 Å². The predicted octanol–water partition coefficient (Wildman–Crippen LogP) is 1.62. The summed E-state index contributed by atoms with van der Waals surface area (Å²) in [6, 6.07) is 5.69. The Morgan fingerprint density at radius 3 is 2.67 bits per heavy atom. The molecule has 126 valence electrons. The van der Waals surface area contributed by atoms with Crippen LogP contribution in [0.25, 0.3) is 0 Å². The smallest absolute Gasteiger partial charge is 0.415 e. The molecule has 1 aliphatic heterocycles. The van der Waals surface area contributed by atoms with Crippen molar-refractivity contribution in [1.29, 1.82) is 0 Å². The summed E-state index contributed by atoms with van der Waals surface area (Å²) in [4.78, 5) is 25.4. The number of cyclic esters (lactones) is 1. The van der Waals surface area contributed by atoms with E-state index < -0.39 is 35.4 Å². The molecule has 24 heavy (non-hydrogen) atoms. The second-order valence-corrected chi connectivity index (χ2v) is 6.07. The zero-order valence-corrected chi connectivity index (χ0v) is 13.1. The van der Waals surface area contributed by atoms with Crippen LogP contribution in [0.1, 0.15) is 10.4 Å². The molecule has 3 rings (SSSR count). The highest BCUT2D eigenvalue weighted by Crippen LogP contribution is 2.35. The zero-order chi connectivity index (χ0) is 17.3. The molecule has 1 aromatic carbocycles. The maximum Gasteiger partial charge on any atom is 0.415 e. The normalized spacial score (nSPS) is 16.9. The zero-order valence-electron chi connectivity index (χ0n) is 12.3. The number of amides is 2. The Kier molecular flexibility index (Phi) is 4.17. The van der Waals surface area contributed by atoms with E-state index in [9.17, 15) is 24.9 Å². The van der Waals surface area contributed by atoms with Gasteiger partial charge in [-0.1, -0.05) is 0 Å². The lowest BCUT2D eigenvalue weighted by atomic mass is 10.1. The predicted molar refractivity (Wildman–Crippen MR) is 85.7 cm³/mol. The number of aromatic hydroxyl groups is 3. The van der Waals surface area contributed by atoms with Crippen molar-refractivity contribution in [3.05, 3.63) is 35.2 Å². The third-order valence-electron chi connectivity index (χ3n) is 3.47. The minimum Gasteiger partial charge on any atom is -0.504 e. The van der Waals surface area contributed by atoms with Gasteiger partial charge in [-0.15, -0.1) is 11.3 Å². The number of nitrogens with zero attached hydrogens (tertiary/aromatic N) is 1. The number of phenolic OH excluding ortho intramolecular Hbond substituents is 3. The van der Waals surface area contributed by atoms with Crippen LogP contribution < -0.4 is 10.2 Å². The van der Waals surface area contributed by atoms with Gasteiger partial charge in [0.25, 0.3) is 5.91 Å². The van der Waals surface area contributed by atoms with E-state index in [2.05, 4.69) is 5.32 Å². The molecule has 0 saturated carbocycles. The number of ether oxygens (including phenoxy) is 1. The van der Waals surface area contributed by atoms with Crippen molar-refractivity contribution in [2.45, 2.75) is 6.10 Å². The fraction of sp³-hybridized carbons (Fsp3) is 0.200. The topological polar surface area (TPSA) is 119 Å². The van der Waals surface area contributed by atoms with Gasteiger partial charge in [0.05, 0.1) is 13.1 Å². The van der Waals surface area contributed by atoms with E-state index in [1.165, 1.54) is 16.2 Å². The number of carbonyl (C=O) groups excluding carboxylic acids is 2. The second-order valence-electron chi connectivity index (χ2n) is 5.14. The lowest BCUT2D eigenvalue weighted by molar-refractivity contribution is 0.0915. The molecule has 9 heteroatoms. The van der Waals surface area contributed by atoms with Gasteiger partial charge in [0, 0.05) is 5.56 Å². The van der Waals surface area contributed by atoms with Crippen LogP contribution in [0.2, 0.25) is 0 Å². The molecule has 1 saturated heterocycles. The number of thiophene rings is 1. The summed E-state index contributed by atoms with van der Waals surface area (Å²) in [6.45, 7) is 0.389. The minimum atomic E-state index is -0.692. The van der Waals surface area contributed by atoms with E-state index in [1.54, 1.807) is 6.07 Å². The van der Waals surface area contributed by atoms with E-state index >= 15 is 0 Å². The van der Waals surface area contributed by atoms with Crippen molar-refractivity contribution in [3.8, 4) is 17.2 Å². The molecule has 2 aromatic rings. The van der Waals surface area contributed by atoms with Gasteiger partial charge < -0.3 is 25.4 Å². The van der Waals surface area contributed by atoms with Gasteiger partial charge in [0.15, 0.2) is 17.2 Å². The van der Waals surface area contributed by atoms with Crippen molar-refractivity contribution >= 4 is 28.3 Å². The average molecular weight is 350 g/mol. The van der Waals surface area contributed by atoms with Gasteiger partial charge in [0.2, 0.25) is 0 Å². The van der Waals surface area contributed by atoms with Gasteiger partial charge in [-0.05, 0) is 29.6 Å². The molecule has 8 nitrogen and oxygen atoms in total. The molecule has 1 aromatic heterocycles. The number of nitrogens with one attached hydrogen (secondary N) is 1. The van der Waals surface area contributed by atoms with Gasteiger partial charge in [0.1, 0.15) is 11.1 Å². The third-order valence-corrected chi connectivity index (χ3v) is 4.36. The Hall–Kier alpha value is -2.94. The highest BCUT2D eigenvalue weighted by Gasteiger charge is 2.33. The summed E-state index contributed by atoms with van der Waals surface area (Å²) >= 11 is 1.41. The third kappa shape index (κ3) is 3.06. The standard InChI is InChI=1S/C15H14N2O6S/c18-10-4-8(5-11(19)13(10)20)14(21)16-6-9-7-17(15(22)23-9)12-2-1-3-24-12/h1-5,9,18-20H,6-7H2,(H,16,21). The SMILES string of the molecule is O=C(NCC1CN(c2cccs2)C(=O)O1)c1cc(O)c(O)c(O)c1. The Morgan fingerprint density at radius 2 is 2.04 bits per heavy atom. The van der Waals surface area contributed by atoms with E-state index in [0.717, 1.165) is 17.1 Å². The Morgan fingerprint density at radius 1 is 1.33 bits per heavy atom. The number of rotatable bonds is 4. The Labute approximate surface area is 140 Å². The van der Waals surface area contributed by atoms with Crippen LogP contribution in [0.15, 0.2) is 29.6 Å². The summed E-state index contributed by atoms with van der Waals surface area (Å²) in [5, 5.41) is 33.3. The quantitative estimate of drug-likeness (QED) is 0.622. The van der Waals surface area contributed by atoms with Crippen molar-refractivity contribution in [2.24, 2.45) is 0 Å². The molecule has 0 bridgehead atoms. The highest BCUT2D eigenvalue weighted by molar-refractivity contribution is 7.14. The lowest BCUT2D eigenvalue weighted by Crippen LogP contribution is -2.34. The number of hydrogen-bond donors (Lipinski definition) is 4. The first-order chi connectivity index (χ1) is 11.5.